The molecule has 0 fully saturated rings. The Morgan fingerprint density at radius 3 is 2.62 bits per heavy atom. The predicted molar refractivity (Wildman–Crippen MR) is 158 cm³/mol. The molecule has 0 saturated carbocycles. The van der Waals surface area contributed by atoms with Crippen LogP contribution in [0.15, 0.2) is 48.5 Å². The van der Waals surface area contributed by atoms with Gasteiger partial charge in [0.05, 0.1) is 25.2 Å². The number of aliphatic hydroxyl groups excluding tert-OH is 1. The molecular formula is C33H38N2O7. The second kappa shape index (κ2) is 15.1. The van der Waals surface area contributed by atoms with Crippen LogP contribution in [0.1, 0.15) is 47.9 Å². The van der Waals surface area contributed by atoms with Crippen molar-refractivity contribution in [1.82, 2.24) is 5.32 Å². The molecular weight excluding hydrogens is 536 g/mol. The zero-order valence-corrected chi connectivity index (χ0v) is 24.2. The number of rotatable bonds is 15. The highest BCUT2D eigenvalue weighted by molar-refractivity contribution is 5.71. The number of fused-ring (bicyclic) bond motifs is 1. The van der Waals surface area contributed by atoms with Crippen LogP contribution in [-0.2, 0) is 17.9 Å². The standard InChI is InChI=1S/C33H38N2O7/c1-22-15-26(19-35-20-27(36)17-33(37)38)31(39-12-5-3-4-11-34)18-30(22)42-21-25-7-6-8-28(23(25)2)24-9-10-29-32(16-24)41-14-13-40-29/h6-10,15-16,18,27,35-36H,3-5,12-14,17,19-21H2,1-2H3,(H,37,38). The van der Waals surface area contributed by atoms with Crippen LogP contribution < -0.4 is 24.3 Å². The van der Waals surface area contributed by atoms with Crippen molar-refractivity contribution in [3.05, 3.63) is 70.8 Å². The highest BCUT2D eigenvalue weighted by atomic mass is 16.6. The van der Waals surface area contributed by atoms with E-state index in [-0.39, 0.29) is 13.0 Å². The summed E-state index contributed by atoms with van der Waals surface area (Å²) in [7, 11) is 0. The number of nitrogens with one attached hydrogen (secondary N) is 1. The third-order valence-electron chi connectivity index (χ3n) is 7.09. The Balaban J connectivity index is 1.48. The summed E-state index contributed by atoms with van der Waals surface area (Å²) in [5.41, 5.74) is 6.11. The maximum absolute atomic E-state index is 10.8. The van der Waals surface area contributed by atoms with E-state index in [2.05, 4.69) is 30.4 Å². The second-order valence-corrected chi connectivity index (χ2v) is 10.3. The molecule has 0 spiro atoms. The Labute approximate surface area is 246 Å². The van der Waals surface area contributed by atoms with Gasteiger partial charge < -0.3 is 34.5 Å². The van der Waals surface area contributed by atoms with Gasteiger partial charge in [0.2, 0.25) is 0 Å². The number of carbonyl (C=O) groups is 1. The van der Waals surface area contributed by atoms with E-state index in [1.54, 1.807) is 0 Å². The smallest absolute Gasteiger partial charge is 0.306 e. The molecule has 3 aromatic rings. The van der Waals surface area contributed by atoms with Gasteiger partial charge in [-0.3, -0.25) is 4.79 Å². The molecule has 0 amide bonds. The minimum atomic E-state index is -1.05. The lowest BCUT2D eigenvalue weighted by molar-refractivity contribution is -0.139. The fourth-order valence-electron chi connectivity index (χ4n) is 4.81. The monoisotopic (exact) mass is 574 g/mol. The fraction of sp³-hybridized carbons (Fsp3) is 0.394. The number of aliphatic hydroxyl groups is 1. The summed E-state index contributed by atoms with van der Waals surface area (Å²) in [5.74, 6) is 1.81. The quantitative estimate of drug-likeness (QED) is 0.207. The van der Waals surface area contributed by atoms with Gasteiger partial charge in [0.25, 0.3) is 0 Å². The number of aliphatic carboxylic acids is 1. The van der Waals surface area contributed by atoms with Crippen LogP contribution in [0.25, 0.3) is 11.1 Å². The second-order valence-electron chi connectivity index (χ2n) is 10.3. The molecule has 0 bridgehead atoms. The molecule has 222 valence electrons. The Morgan fingerprint density at radius 1 is 1.02 bits per heavy atom. The first-order chi connectivity index (χ1) is 20.4. The largest absolute Gasteiger partial charge is 0.493 e. The van der Waals surface area contributed by atoms with Crippen LogP contribution in [0.3, 0.4) is 0 Å². The van der Waals surface area contributed by atoms with Crippen molar-refractivity contribution in [2.24, 2.45) is 0 Å². The van der Waals surface area contributed by atoms with Crippen LogP contribution in [0.5, 0.6) is 23.0 Å². The number of benzene rings is 3. The number of nitriles is 1. The molecule has 1 heterocycles. The molecule has 1 aliphatic rings. The van der Waals surface area contributed by atoms with E-state index in [0.717, 1.165) is 57.7 Å². The third kappa shape index (κ3) is 8.38. The van der Waals surface area contributed by atoms with E-state index >= 15 is 0 Å². The zero-order chi connectivity index (χ0) is 29.9. The summed E-state index contributed by atoms with van der Waals surface area (Å²) in [5, 5.41) is 30.7. The Hall–Kier alpha value is -4.26. The topological polar surface area (TPSA) is 130 Å². The SMILES string of the molecule is Cc1cc(CNCC(O)CC(=O)O)c(OCCCCC#N)cc1OCc1cccc(-c2ccc3c(c2)OCCO3)c1C. The number of unbranched alkanes of at least 4 members (excludes halogenated alkanes) is 2. The highest BCUT2D eigenvalue weighted by Crippen LogP contribution is 2.36. The number of ether oxygens (including phenoxy) is 4. The van der Waals surface area contributed by atoms with Gasteiger partial charge in [0, 0.05) is 31.1 Å². The van der Waals surface area contributed by atoms with E-state index < -0.39 is 12.1 Å². The van der Waals surface area contributed by atoms with Gasteiger partial charge in [-0.15, -0.1) is 0 Å². The van der Waals surface area contributed by atoms with Gasteiger partial charge >= 0.3 is 5.97 Å². The van der Waals surface area contributed by atoms with Crippen LogP contribution in [0.2, 0.25) is 0 Å². The first-order valence-electron chi connectivity index (χ1n) is 14.2. The maximum Gasteiger partial charge on any atom is 0.306 e. The van der Waals surface area contributed by atoms with Crippen LogP contribution >= 0.6 is 0 Å². The lowest BCUT2D eigenvalue weighted by Crippen LogP contribution is -2.28. The summed E-state index contributed by atoms with van der Waals surface area (Å²) in [6, 6.07) is 18.2. The van der Waals surface area contributed by atoms with Gasteiger partial charge in [-0.2, -0.15) is 5.26 Å². The molecule has 3 aromatic carbocycles. The summed E-state index contributed by atoms with van der Waals surface area (Å²) in [6.45, 7) is 6.50. The van der Waals surface area contributed by atoms with Gasteiger partial charge in [-0.05, 0) is 72.7 Å². The number of nitrogens with zero attached hydrogens (tertiary/aromatic N) is 1. The Bertz CT molecular complexity index is 1420. The van der Waals surface area contributed by atoms with Gasteiger partial charge in [-0.25, -0.2) is 0 Å². The molecule has 42 heavy (non-hydrogen) atoms. The molecule has 1 atom stereocenters. The normalized spacial score (nSPS) is 12.8. The molecule has 0 aliphatic carbocycles. The first kappa shape index (κ1) is 30.7. The summed E-state index contributed by atoms with van der Waals surface area (Å²) in [4.78, 5) is 10.8. The highest BCUT2D eigenvalue weighted by Gasteiger charge is 2.16. The number of hydrogen-bond acceptors (Lipinski definition) is 8. The molecule has 9 heteroatoms. The van der Waals surface area contributed by atoms with Crippen molar-refractivity contribution < 1.29 is 34.0 Å². The lowest BCUT2D eigenvalue weighted by Gasteiger charge is -2.20. The van der Waals surface area contributed by atoms with Crippen molar-refractivity contribution >= 4 is 5.97 Å². The fourth-order valence-corrected chi connectivity index (χ4v) is 4.81. The van der Waals surface area contributed by atoms with E-state index in [9.17, 15) is 9.90 Å². The predicted octanol–water partition coefficient (Wildman–Crippen LogP) is 5.32. The molecule has 1 aliphatic heterocycles. The summed E-state index contributed by atoms with van der Waals surface area (Å²) in [6.07, 6.45) is 0.665. The third-order valence-corrected chi connectivity index (χ3v) is 7.09. The van der Waals surface area contributed by atoms with Crippen molar-refractivity contribution in [1.29, 1.82) is 5.26 Å². The minimum Gasteiger partial charge on any atom is -0.493 e. The number of carboxylic acid groups (broad SMARTS) is 1. The van der Waals surface area contributed by atoms with Gasteiger partial charge in [0.1, 0.15) is 31.3 Å². The van der Waals surface area contributed by atoms with Crippen molar-refractivity contribution in [2.45, 2.75) is 58.8 Å². The van der Waals surface area contributed by atoms with Gasteiger partial charge in [0.15, 0.2) is 11.5 Å². The molecule has 0 saturated heterocycles. The molecule has 0 aromatic heterocycles. The van der Waals surface area contributed by atoms with Crippen molar-refractivity contribution in [3.63, 3.8) is 0 Å². The zero-order valence-electron chi connectivity index (χ0n) is 24.2. The molecule has 3 N–H and O–H groups in total. The Morgan fingerprint density at radius 2 is 1.83 bits per heavy atom. The number of hydrogen-bond donors (Lipinski definition) is 3. The van der Waals surface area contributed by atoms with E-state index in [1.807, 2.05) is 43.3 Å². The van der Waals surface area contributed by atoms with Crippen LogP contribution in [-0.4, -0.2) is 48.7 Å². The molecule has 4 rings (SSSR count). The van der Waals surface area contributed by atoms with Crippen molar-refractivity contribution in [2.75, 3.05) is 26.4 Å². The number of aryl methyl sites for hydroxylation is 1. The minimum absolute atomic E-state index is 0.143. The lowest BCUT2D eigenvalue weighted by atomic mass is 9.96. The van der Waals surface area contributed by atoms with Crippen molar-refractivity contribution in [3.8, 4) is 40.2 Å². The van der Waals surface area contributed by atoms with Gasteiger partial charge in [-0.1, -0.05) is 24.3 Å². The summed E-state index contributed by atoms with van der Waals surface area (Å²) >= 11 is 0. The number of carboxylic acids is 1. The van der Waals surface area contributed by atoms with Crippen LogP contribution in [0.4, 0.5) is 0 Å². The van der Waals surface area contributed by atoms with E-state index in [4.69, 9.17) is 29.3 Å². The average molecular weight is 575 g/mol. The average Bonchev–Trinajstić information content (AvgIpc) is 2.97. The Kier molecular flexibility index (Phi) is 11.0. The summed E-state index contributed by atoms with van der Waals surface area (Å²) < 4.78 is 23.9. The van der Waals surface area contributed by atoms with E-state index in [0.29, 0.717) is 50.9 Å². The molecule has 0 radical (unpaired) electrons. The molecule has 1 unspecified atom stereocenters. The molecule has 9 nitrogen and oxygen atoms in total. The van der Waals surface area contributed by atoms with E-state index in [1.165, 1.54) is 0 Å². The maximum atomic E-state index is 10.8. The first-order valence-corrected chi connectivity index (χ1v) is 14.2. The van der Waals surface area contributed by atoms with Crippen LogP contribution in [0, 0.1) is 25.2 Å².